The van der Waals surface area contributed by atoms with Crippen LogP contribution < -0.4 is 0 Å². The second-order valence-corrected chi connectivity index (χ2v) is 6.26. The third-order valence-corrected chi connectivity index (χ3v) is 4.73. The van der Waals surface area contributed by atoms with E-state index in [1.165, 1.54) is 23.0 Å². The number of rotatable bonds is 6. The van der Waals surface area contributed by atoms with Crippen LogP contribution in [0.4, 0.5) is 8.78 Å². The van der Waals surface area contributed by atoms with Crippen molar-refractivity contribution in [2.75, 3.05) is 33.3 Å². The molecule has 1 aliphatic heterocycles. The van der Waals surface area contributed by atoms with Gasteiger partial charge in [-0.1, -0.05) is 12.6 Å². The van der Waals surface area contributed by atoms with Crippen molar-refractivity contribution >= 4 is 17.8 Å². The molecule has 2 atom stereocenters. The van der Waals surface area contributed by atoms with Crippen LogP contribution in [0.25, 0.3) is 0 Å². The van der Waals surface area contributed by atoms with Crippen molar-refractivity contribution in [1.82, 2.24) is 9.80 Å². The molecule has 1 heterocycles. The standard InChI is InChI=1S/C19H22F2N2O4/c1-4-17(24)22(5-2)11-18(25)23-9-14(15(10-23)19(26)27-3)13-7-6-12(20)8-16(13)21/h4,6-8,14-15H,1,5,9-11H2,2-3H3/t14-,15+/m1/s1. The largest absolute Gasteiger partial charge is 0.469 e. The van der Waals surface area contributed by atoms with Crippen LogP contribution >= 0.6 is 0 Å². The minimum absolute atomic E-state index is 0.0345. The summed E-state index contributed by atoms with van der Waals surface area (Å²) < 4.78 is 32.2. The minimum atomic E-state index is -0.778. The molecule has 1 aliphatic rings. The van der Waals surface area contributed by atoms with Crippen LogP contribution in [0.1, 0.15) is 18.4 Å². The molecule has 8 heteroatoms. The zero-order valence-electron chi connectivity index (χ0n) is 15.3. The summed E-state index contributed by atoms with van der Waals surface area (Å²) in [6.07, 6.45) is 1.12. The number of amides is 2. The van der Waals surface area contributed by atoms with Gasteiger partial charge >= 0.3 is 5.97 Å². The van der Waals surface area contributed by atoms with Gasteiger partial charge < -0.3 is 14.5 Å². The minimum Gasteiger partial charge on any atom is -0.469 e. The number of esters is 1. The average molecular weight is 380 g/mol. The Balaban J connectivity index is 2.23. The molecule has 0 unspecified atom stereocenters. The molecule has 0 N–H and O–H groups in total. The number of likely N-dealkylation sites (tertiary alicyclic amines) is 1. The number of ether oxygens (including phenoxy) is 1. The van der Waals surface area contributed by atoms with E-state index in [1.54, 1.807) is 6.92 Å². The van der Waals surface area contributed by atoms with Gasteiger partial charge in [0.2, 0.25) is 11.8 Å². The molecule has 27 heavy (non-hydrogen) atoms. The first-order valence-electron chi connectivity index (χ1n) is 8.54. The SMILES string of the molecule is C=CC(=O)N(CC)CC(=O)N1C[C@H](C(=O)OC)[C@@H](c2ccc(F)cc2F)C1. The van der Waals surface area contributed by atoms with Crippen molar-refractivity contribution < 1.29 is 27.9 Å². The van der Waals surface area contributed by atoms with Gasteiger partial charge in [-0.05, 0) is 24.6 Å². The van der Waals surface area contributed by atoms with Crippen molar-refractivity contribution in [3.05, 3.63) is 48.1 Å². The molecule has 0 aliphatic carbocycles. The lowest BCUT2D eigenvalue weighted by molar-refractivity contribution is -0.145. The zero-order valence-corrected chi connectivity index (χ0v) is 15.3. The lowest BCUT2D eigenvalue weighted by Gasteiger charge is -2.23. The fraction of sp³-hybridized carbons (Fsp3) is 0.421. The summed E-state index contributed by atoms with van der Waals surface area (Å²) in [5.74, 6) is -4.26. The number of halogens is 2. The molecular weight excluding hydrogens is 358 g/mol. The van der Waals surface area contributed by atoms with Gasteiger partial charge in [-0.3, -0.25) is 14.4 Å². The molecule has 1 aromatic carbocycles. The average Bonchev–Trinajstić information content (AvgIpc) is 3.09. The maximum absolute atomic E-state index is 14.2. The van der Waals surface area contributed by atoms with Crippen molar-refractivity contribution in [3.63, 3.8) is 0 Å². The van der Waals surface area contributed by atoms with Gasteiger partial charge in [-0.25, -0.2) is 8.78 Å². The van der Waals surface area contributed by atoms with Gasteiger partial charge in [0.05, 0.1) is 19.6 Å². The Kier molecular flexibility index (Phi) is 6.65. The summed E-state index contributed by atoms with van der Waals surface area (Å²) in [6.45, 7) is 5.38. The number of benzene rings is 1. The number of nitrogens with zero attached hydrogens (tertiary/aromatic N) is 2. The van der Waals surface area contributed by atoms with E-state index < -0.39 is 29.4 Å². The van der Waals surface area contributed by atoms with Crippen LogP contribution in [0, 0.1) is 17.6 Å². The van der Waals surface area contributed by atoms with E-state index in [2.05, 4.69) is 6.58 Å². The van der Waals surface area contributed by atoms with Gasteiger partial charge in [0, 0.05) is 31.6 Å². The molecular formula is C19H22F2N2O4. The van der Waals surface area contributed by atoms with Crippen LogP contribution in [0.2, 0.25) is 0 Å². The highest BCUT2D eigenvalue weighted by Crippen LogP contribution is 2.35. The van der Waals surface area contributed by atoms with E-state index in [-0.39, 0.29) is 37.0 Å². The molecule has 146 valence electrons. The highest BCUT2D eigenvalue weighted by atomic mass is 19.1. The van der Waals surface area contributed by atoms with Crippen LogP contribution in [0.5, 0.6) is 0 Å². The third-order valence-electron chi connectivity index (χ3n) is 4.73. The maximum atomic E-state index is 14.2. The quantitative estimate of drug-likeness (QED) is 0.557. The Hall–Kier alpha value is -2.77. The van der Waals surface area contributed by atoms with Crippen LogP contribution in [-0.2, 0) is 19.1 Å². The number of likely N-dealkylation sites (N-methyl/N-ethyl adjacent to an activating group) is 1. The molecule has 6 nitrogen and oxygen atoms in total. The number of hydrogen-bond donors (Lipinski definition) is 0. The summed E-state index contributed by atoms with van der Waals surface area (Å²) in [7, 11) is 1.21. The number of methoxy groups -OCH3 is 1. The summed E-state index contributed by atoms with van der Waals surface area (Å²) >= 11 is 0. The Morgan fingerprint density at radius 2 is 2.04 bits per heavy atom. The van der Waals surface area contributed by atoms with E-state index in [0.29, 0.717) is 6.54 Å². The van der Waals surface area contributed by atoms with Gasteiger partial charge in [0.25, 0.3) is 0 Å². The first kappa shape index (κ1) is 20.5. The molecule has 1 fully saturated rings. The van der Waals surface area contributed by atoms with Crippen LogP contribution in [0.15, 0.2) is 30.9 Å². The lowest BCUT2D eigenvalue weighted by Crippen LogP contribution is -2.41. The van der Waals surface area contributed by atoms with Gasteiger partial charge in [0.1, 0.15) is 11.6 Å². The predicted octanol–water partition coefficient (Wildman–Crippen LogP) is 1.71. The molecule has 0 saturated carbocycles. The summed E-state index contributed by atoms with van der Waals surface area (Å²) in [5.41, 5.74) is 0.150. The van der Waals surface area contributed by atoms with E-state index >= 15 is 0 Å². The summed E-state index contributed by atoms with van der Waals surface area (Å²) in [4.78, 5) is 39.2. The maximum Gasteiger partial charge on any atom is 0.311 e. The summed E-state index contributed by atoms with van der Waals surface area (Å²) in [6, 6.07) is 3.13. The Morgan fingerprint density at radius 3 is 2.59 bits per heavy atom. The molecule has 1 aromatic rings. The van der Waals surface area contributed by atoms with Gasteiger partial charge in [-0.15, -0.1) is 0 Å². The number of carbonyl (C=O) groups is 3. The topological polar surface area (TPSA) is 66.9 Å². The first-order valence-corrected chi connectivity index (χ1v) is 8.54. The van der Waals surface area contributed by atoms with Crippen molar-refractivity contribution in [2.24, 2.45) is 5.92 Å². The zero-order chi connectivity index (χ0) is 20.1. The molecule has 0 spiro atoms. The number of hydrogen-bond acceptors (Lipinski definition) is 4. The Labute approximate surface area is 156 Å². The van der Waals surface area contributed by atoms with Crippen LogP contribution in [-0.4, -0.2) is 60.9 Å². The van der Waals surface area contributed by atoms with Crippen molar-refractivity contribution in [3.8, 4) is 0 Å². The monoisotopic (exact) mass is 380 g/mol. The van der Waals surface area contributed by atoms with E-state index in [0.717, 1.165) is 18.2 Å². The second-order valence-electron chi connectivity index (χ2n) is 6.26. The summed E-state index contributed by atoms with van der Waals surface area (Å²) in [5, 5.41) is 0. The second kappa shape index (κ2) is 8.75. The highest BCUT2D eigenvalue weighted by Gasteiger charge is 2.42. The molecule has 2 amide bonds. The predicted molar refractivity (Wildman–Crippen MR) is 93.6 cm³/mol. The molecule has 0 aromatic heterocycles. The van der Waals surface area contributed by atoms with E-state index in [1.807, 2.05) is 0 Å². The fourth-order valence-corrected chi connectivity index (χ4v) is 3.25. The Morgan fingerprint density at radius 1 is 1.33 bits per heavy atom. The van der Waals surface area contributed by atoms with Gasteiger partial charge in [-0.2, -0.15) is 0 Å². The Bertz CT molecular complexity index is 753. The van der Waals surface area contributed by atoms with Crippen molar-refractivity contribution in [2.45, 2.75) is 12.8 Å². The molecule has 2 rings (SSSR count). The van der Waals surface area contributed by atoms with Crippen LogP contribution in [0.3, 0.4) is 0 Å². The molecule has 0 bridgehead atoms. The highest BCUT2D eigenvalue weighted by molar-refractivity contribution is 5.91. The van der Waals surface area contributed by atoms with Crippen molar-refractivity contribution in [1.29, 1.82) is 0 Å². The molecule has 1 saturated heterocycles. The van der Waals surface area contributed by atoms with E-state index in [9.17, 15) is 23.2 Å². The number of carbonyl (C=O) groups excluding carboxylic acids is 3. The fourth-order valence-electron chi connectivity index (χ4n) is 3.25. The normalized spacial score (nSPS) is 18.9. The smallest absolute Gasteiger partial charge is 0.311 e. The third kappa shape index (κ3) is 4.50. The molecule has 0 radical (unpaired) electrons. The lowest BCUT2D eigenvalue weighted by atomic mass is 9.88. The van der Waals surface area contributed by atoms with Gasteiger partial charge in [0.15, 0.2) is 0 Å². The van der Waals surface area contributed by atoms with E-state index in [4.69, 9.17) is 4.74 Å². The first-order chi connectivity index (χ1) is 12.8.